The smallest absolute Gasteiger partial charge is 0.264 e. The molecule has 0 aliphatic heterocycles. The molecule has 0 unspecified atom stereocenters. The Hall–Kier alpha value is -2.28. The first kappa shape index (κ1) is 14.1. The molecule has 7 heteroatoms. The van der Waals surface area contributed by atoms with Crippen molar-refractivity contribution in [3.63, 3.8) is 0 Å². The van der Waals surface area contributed by atoms with Gasteiger partial charge < -0.3 is 4.74 Å². The summed E-state index contributed by atoms with van der Waals surface area (Å²) in [6.07, 6.45) is 0. The zero-order valence-corrected chi connectivity index (χ0v) is 11.9. The summed E-state index contributed by atoms with van der Waals surface area (Å²) < 4.78 is 5.36. The molecule has 6 nitrogen and oxygen atoms in total. The molecule has 0 saturated carbocycles. The molecule has 0 aliphatic carbocycles. The molecule has 1 N–H and O–H groups in total. The Labute approximate surface area is 119 Å². The van der Waals surface area contributed by atoms with Gasteiger partial charge in [-0.1, -0.05) is 23.5 Å². The summed E-state index contributed by atoms with van der Waals surface area (Å²) in [6.45, 7) is 3.06. The Morgan fingerprint density at radius 3 is 2.70 bits per heavy atom. The van der Waals surface area contributed by atoms with Gasteiger partial charge in [-0.05, 0) is 26.0 Å². The summed E-state index contributed by atoms with van der Waals surface area (Å²) >= 11 is 1.28. The zero-order chi connectivity index (χ0) is 14.5. The van der Waals surface area contributed by atoms with E-state index in [9.17, 15) is 9.59 Å². The minimum Gasteiger partial charge on any atom is -0.483 e. The van der Waals surface area contributed by atoms with Gasteiger partial charge in [-0.2, -0.15) is 0 Å². The number of para-hydroxylation sites is 1. The minimum absolute atomic E-state index is 0.110. The number of aromatic nitrogens is 2. The monoisotopic (exact) mass is 291 g/mol. The average Bonchev–Trinajstić information content (AvgIpc) is 2.82. The van der Waals surface area contributed by atoms with Crippen LogP contribution < -0.4 is 10.1 Å². The van der Waals surface area contributed by atoms with Crippen molar-refractivity contribution in [1.29, 1.82) is 0 Å². The van der Waals surface area contributed by atoms with Crippen LogP contribution in [0.25, 0.3) is 0 Å². The first-order valence-corrected chi connectivity index (χ1v) is 6.70. The first-order chi connectivity index (χ1) is 9.56. The SMILES string of the molecule is CC(=O)c1ccccc1OCC(=O)Nc1nnc(C)s1. The maximum atomic E-state index is 11.7. The predicted molar refractivity (Wildman–Crippen MR) is 75.2 cm³/mol. The fourth-order valence-corrected chi connectivity index (χ4v) is 2.14. The van der Waals surface area contributed by atoms with Crippen LogP contribution >= 0.6 is 11.3 Å². The second-order valence-electron chi connectivity index (χ2n) is 4.02. The van der Waals surface area contributed by atoms with Crippen molar-refractivity contribution in [2.75, 3.05) is 11.9 Å². The van der Waals surface area contributed by atoms with Gasteiger partial charge in [-0.3, -0.25) is 14.9 Å². The maximum Gasteiger partial charge on any atom is 0.264 e. The van der Waals surface area contributed by atoms with E-state index in [0.717, 1.165) is 5.01 Å². The third-order valence-corrected chi connectivity index (χ3v) is 3.15. The van der Waals surface area contributed by atoms with E-state index in [2.05, 4.69) is 15.5 Å². The fourth-order valence-electron chi connectivity index (χ4n) is 1.53. The molecule has 0 atom stereocenters. The molecular formula is C13H13N3O3S. The molecule has 0 saturated heterocycles. The Balaban J connectivity index is 1.95. The van der Waals surface area contributed by atoms with Crippen molar-refractivity contribution in [3.8, 4) is 5.75 Å². The highest BCUT2D eigenvalue weighted by Gasteiger charge is 2.11. The lowest BCUT2D eigenvalue weighted by atomic mass is 10.1. The number of carbonyl (C=O) groups is 2. The molecule has 0 aliphatic rings. The molecule has 2 aromatic rings. The summed E-state index contributed by atoms with van der Waals surface area (Å²) in [6, 6.07) is 6.80. The van der Waals surface area contributed by atoms with Crippen LogP contribution in [0.1, 0.15) is 22.3 Å². The van der Waals surface area contributed by atoms with Gasteiger partial charge in [0.1, 0.15) is 10.8 Å². The van der Waals surface area contributed by atoms with Crippen molar-refractivity contribution in [1.82, 2.24) is 10.2 Å². The van der Waals surface area contributed by atoms with Crippen molar-refractivity contribution >= 4 is 28.2 Å². The van der Waals surface area contributed by atoms with E-state index < -0.39 is 0 Å². The van der Waals surface area contributed by atoms with Gasteiger partial charge in [0.2, 0.25) is 5.13 Å². The first-order valence-electron chi connectivity index (χ1n) is 5.89. The lowest BCUT2D eigenvalue weighted by molar-refractivity contribution is -0.118. The number of ketones is 1. The van der Waals surface area contributed by atoms with E-state index in [1.54, 1.807) is 31.2 Å². The molecule has 20 heavy (non-hydrogen) atoms. The van der Waals surface area contributed by atoms with Crippen LogP contribution in [0, 0.1) is 6.92 Å². The molecule has 104 valence electrons. The Bertz CT molecular complexity index is 639. The highest BCUT2D eigenvalue weighted by atomic mass is 32.1. The predicted octanol–water partition coefficient (Wildman–Crippen LogP) is 2.07. The highest BCUT2D eigenvalue weighted by Crippen LogP contribution is 2.18. The summed E-state index contributed by atoms with van der Waals surface area (Å²) in [5.74, 6) is -0.0659. The van der Waals surface area contributed by atoms with Gasteiger partial charge in [0.25, 0.3) is 5.91 Å². The molecule has 0 spiro atoms. The Morgan fingerprint density at radius 2 is 2.05 bits per heavy atom. The molecule has 2 rings (SSSR count). The van der Waals surface area contributed by atoms with E-state index in [4.69, 9.17) is 4.74 Å². The zero-order valence-electron chi connectivity index (χ0n) is 11.0. The maximum absolute atomic E-state index is 11.7. The number of aryl methyl sites for hydroxylation is 1. The van der Waals surface area contributed by atoms with Crippen molar-refractivity contribution < 1.29 is 14.3 Å². The Morgan fingerprint density at radius 1 is 1.30 bits per heavy atom. The summed E-state index contributed by atoms with van der Waals surface area (Å²) in [7, 11) is 0. The number of hydrogen-bond acceptors (Lipinski definition) is 6. The molecule has 1 aromatic heterocycles. The number of carbonyl (C=O) groups excluding carboxylic acids is 2. The van der Waals surface area contributed by atoms with Gasteiger partial charge in [0.05, 0.1) is 5.56 Å². The van der Waals surface area contributed by atoms with Crippen molar-refractivity contribution in [2.24, 2.45) is 0 Å². The van der Waals surface area contributed by atoms with Gasteiger partial charge in [0.15, 0.2) is 12.4 Å². The lowest BCUT2D eigenvalue weighted by Crippen LogP contribution is -2.20. The number of hydrogen-bond donors (Lipinski definition) is 1. The second kappa shape index (κ2) is 6.25. The minimum atomic E-state index is -0.348. The normalized spacial score (nSPS) is 10.1. The third kappa shape index (κ3) is 3.61. The van der Waals surface area contributed by atoms with E-state index >= 15 is 0 Å². The quantitative estimate of drug-likeness (QED) is 0.853. The molecule has 1 heterocycles. The van der Waals surface area contributed by atoms with Gasteiger partial charge in [-0.25, -0.2) is 0 Å². The number of Topliss-reactive ketones (excluding diaryl/α,β-unsaturated/α-hetero) is 1. The summed E-state index contributed by atoms with van der Waals surface area (Å²) in [4.78, 5) is 23.1. The fraction of sp³-hybridized carbons (Fsp3) is 0.231. The van der Waals surface area contributed by atoms with Crippen molar-refractivity contribution in [3.05, 3.63) is 34.8 Å². The van der Waals surface area contributed by atoms with Gasteiger partial charge in [0, 0.05) is 0 Å². The number of nitrogens with one attached hydrogen (secondary N) is 1. The van der Waals surface area contributed by atoms with Gasteiger partial charge in [-0.15, -0.1) is 10.2 Å². The summed E-state index contributed by atoms with van der Waals surface area (Å²) in [5.41, 5.74) is 0.451. The van der Waals surface area contributed by atoms with Crippen molar-refractivity contribution in [2.45, 2.75) is 13.8 Å². The molecule has 0 radical (unpaired) electrons. The lowest BCUT2D eigenvalue weighted by Gasteiger charge is -2.08. The Kier molecular flexibility index (Phi) is 4.41. The van der Waals surface area contributed by atoms with E-state index in [1.165, 1.54) is 18.3 Å². The standard InChI is InChI=1S/C13H13N3O3S/c1-8(17)10-5-3-4-6-11(10)19-7-12(18)14-13-16-15-9(2)20-13/h3-6H,7H2,1-2H3,(H,14,16,18). The third-order valence-electron chi connectivity index (χ3n) is 2.40. The molecular weight excluding hydrogens is 278 g/mol. The van der Waals surface area contributed by atoms with Crippen LogP contribution in [0.2, 0.25) is 0 Å². The van der Waals surface area contributed by atoms with Gasteiger partial charge >= 0.3 is 0 Å². The molecule has 1 amide bonds. The van der Waals surface area contributed by atoms with Crippen LogP contribution in [0.5, 0.6) is 5.75 Å². The van der Waals surface area contributed by atoms with Crippen LogP contribution in [0.15, 0.2) is 24.3 Å². The van der Waals surface area contributed by atoms with Crippen LogP contribution in [0.4, 0.5) is 5.13 Å². The van der Waals surface area contributed by atoms with E-state index in [-0.39, 0.29) is 18.3 Å². The number of rotatable bonds is 5. The highest BCUT2D eigenvalue weighted by molar-refractivity contribution is 7.15. The number of nitrogens with zero attached hydrogens (tertiary/aromatic N) is 2. The molecule has 0 bridgehead atoms. The second-order valence-corrected chi connectivity index (χ2v) is 5.20. The average molecular weight is 291 g/mol. The topological polar surface area (TPSA) is 81.2 Å². The molecule has 1 aromatic carbocycles. The number of benzene rings is 1. The largest absolute Gasteiger partial charge is 0.483 e. The molecule has 0 fully saturated rings. The van der Waals surface area contributed by atoms with E-state index in [0.29, 0.717) is 16.4 Å². The number of amides is 1. The van der Waals surface area contributed by atoms with Crippen LogP contribution in [0.3, 0.4) is 0 Å². The number of ether oxygens (including phenoxy) is 1. The van der Waals surface area contributed by atoms with Crippen LogP contribution in [-0.2, 0) is 4.79 Å². The summed E-state index contributed by atoms with van der Waals surface area (Å²) in [5, 5.41) is 11.3. The van der Waals surface area contributed by atoms with Crippen LogP contribution in [-0.4, -0.2) is 28.5 Å². The van der Waals surface area contributed by atoms with E-state index in [1.807, 2.05) is 0 Å². The number of anilines is 1.